The molecule has 0 saturated heterocycles. The van der Waals surface area contributed by atoms with Crippen molar-refractivity contribution >= 4 is 5.69 Å². The molecule has 3 N–H and O–H groups in total. The van der Waals surface area contributed by atoms with Gasteiger partial charge in [0.1, 0.15) is 0 Å². The van der Waals surface area contributed by atoms with Crippen LogP contribution in [0.5, 0.6) is 0 Å². The van der Waals surface area contributed by atoms with Gasteiger partial charge in [0, 0.05) is 0 Å². The number of aromatic nitrogens is 1. The zero-order valence-corrected chi connectivity index (χ0v) is 5.78. The fourth-order valence-corrected chi connectivity index (χ4v) is 0.664. The van der Waals surface area contributed by atoms with Crippen molar-refractivity contribution in [1.29, 1.82) is 0 Å². The minimum absolute atomic E-state index is 0.513. The molecule has 1 atom stereocenters. The van der Waals surface area contributed by atoms with Gasteiger partial charge in [-0.1, -0.05) is 0 Å². The maximum Gasteiger partial charge on any atom is 0.0931 e. The summed E-state index contributed by atoms with van der Waals surface area (Å²) in [6.45, 7) is 1.67. The molecule has 1 heterocycles. The molecule has 1 unspecified atom stereocenters. The van der Waals surface area contributed by atoms with Crippen LogP contribution in [0.1, 0.15) is 18.7 Å². The number of nitrogens with zero attached hydrogens (tertiary/aromatic N) is 1. The first-order chi connectivity index (χ1) is 4.70. The SMILES string of the molecule is CC(O)c1ccc(N)cn1. The third kappa shape index (κ3) is 1.45. The molecule has 1 rings (SSSR count). The van der Waals surface area contributed by atoms with E-state index in [1.807, 2.05) is 0 Å². The Bertz CT molecular complexity index is 205. The van der Waals surface area contributed by atoms with Gasteiger partial charge in [-0.15, -0.1) is 0 Å². The number of aliphatic hydroxyl groups is 1. The van der Waals surface area contributed by atoms with E-state index >= 15 is 0 Å². The summed E-state index contributed by atoms with van der Waals surface area (Å²) in [5.74, 6) is 0. The van der Waals surface area contributed by atoms with Crippen LogP contribution in [0.3, 0.4) is 0 Å². The van der Waals surface area contributed by atoms with E-state index in [1.165, 1.54) is 6.20 Å². The molecule has 0 spiro atoms. The maximum absolute atomic E-state index is 9.01. The highest BCUT2D eigenvalue weighted by Gasteiger charge is 1.99. The number of anilines is 1. The van der Waals surface area contributed by atoms with Crippen LogP contribution < -0.4 is 5.73 Å². The Morgan fingerprint density at radius 1 is 1.60 bits per heavy atom. The van der Waals surface area contributed by atoms with Crippen molar-refractivity contribution in [3.63, 3.8) is 0 Å². The molecule has 10 heavy (non-hydrogen) atoms. The Hall–Kier alpha value is -1.09. The Labute approximate surface area is 59.5 Å². The number of rotatable bonds is 1. The number of nitrogen functional groups attached to an aromatic ring is 1. The van der Waals surface area contributed by atoms with Gasteiger partial charge < -0.3 is 10.8 Å². The summed E-state index contributed by atoms with van der Waals surface area (Å²) in [4.78, 5) is 3.90. The van der Waals surface area contributed by atoms with Gasteiger partial charge in [0.25, 0.3) is 0 Å². The highest BCUT2D eigenvalue weighted by molar-refractivity contribution is 5.34. The lowest BCUT2D eigenvalue weighted by molar-refractivity contribution is 0.194. The maximum atomic E-state index is 9.01. The number of hydrogen-bond acceptors (Lipinski definition) is 3. The van der Waals surface area contributed by atoms with Crippen molar-refractivity contribution < 1.29 is 5.11 Å². The fourth-order valence-electron chi connectivity index (χ4n) is 0.664. The lowest BCUT2D eigenvalue weighted by Crippen LogP contribution is -1.95. The zero-order chi connectivity index (χ0) is 7.56. The minimum atomic E-state index is -0.513. The fraction of sp³-hybridized carbons (Fsp3) is 0.286. The normalized spacial score (nSPS) is 13.0. The van der Waals surface area contributed by atoms with Crippen molar-refractivity contribution in [1.82, 2.24) is 4.98 Å². The van der Waals surface area contributed by atoms with Gasteiger partial charge in [-0.3, -0.25) is 4.98 Å². The molecule has 3 nitrogen and oxygen atoms in total. The summed E-state index contributed by atoms with van der Waals surface area (Å²) < 4.78 is 0. The Morgan fingerprint density at radius 3 is 2.70 bits per heavy atom. The molecule has 54 valence electrons. The van der Waals surface area contributed by atoms with Crippen LogP contribution in [-0.4, -0.2) is 10.1 Å². The van der Waals surface area contributed by atoms with E-state index in [1.54, 1.807) is 19.1 Å². The van der Waals surface area contributed by atoms with Crippen LogP contribution >= 0.6 is 0 Å². The Balaban J connectivity index is 2.89. The van der Waals surface area contributed by atoms with Gasteiger partial charge in [0.2, 0.25) is 0 Å². The van der Waals surface area contributed by atoms with Crippen LogP contribution in [0.4, 0.5) is 5.69 Å². The van der Waals surface area contributed by atoms with Gasteiger partial charge in [-0.05, 0) is 19.1 Å². The lowest BCUT2D eigenvalue weighted by Gasteiger charge is -2.01. The number of pyridine rings is 1. The van der Waals surface area contributed by atoms with Crippen LogP contribution in [0, 0.1) is 0 Å². The van der Waals surface area contributed by atoms with Crippen LogP contribution in [0.15, 0.2) is 18.3 Å². The molecule has 0 saturated carbocycles. The molecule has 1 aromatic rings. The van der Waals surface area contributed by atoms with Crippen LogP contribution in [0.2, 0.25) is 0 Å². The molecule has 0 aliphatic heterocycles. The van der Waals surface area contributed by atoms with E-state index in [4.69, 9.17) is 10.8 Å². The quantitative estimate of drug-likeness (QED) is 0.601. The Kier molecular flexibility index (Phi) is 1.87. The first kappa shape index (κ1) is 7.02. The molecule has 0 aromatic carbocycles. The molecule has 0 aliphatic rings. The largest absolute Gasteiger partial charge is 0.397 e. The number of aliphatic hydroxyl groups excluding tert-OH is 1. The molecular formula is C7H10N2O. The monoisotopic (exact) mass is 138 g/mol. The van der Waals surface area contributed by atoms with Gasteiger partial charge in [0.15, 0.2) is 0 Å². The molecule has 1 aromatic heterocycles. The first-order valence-corrected chi connectivity index (χ1v) is 3.09. The van der Waals surface area contributed by atoms with E-state index in [0.717, 1.165) is 0 Å². The molecule has 0 radical (unpaired) electrons. The first-order valence-electron chi connectivity index (χ1n) is 3.09. The third-order valence-electron chi connectivity index (χ3n) is 1.24. The third-order valence-corrected chi connectivity index (χ3v) is 1.24. The van der Waals surface area contributed by atoms with Crippen LogP contribution in [-0.2, 0) is 0 Å². The van der Waals surface area contributed by atoms with Crippen molar-refractivity contribution in [3.05, 3.63) is 24.0 Å². The highest BCUT2D eigenvalue weighted by atomic mass is 16.3. The van der Waals surface area contributed by atoms with E-state index in [9.17, 15) is 0 Å². The summed E-state index contributed by atoms with van der Waals surface area (Å²) >= 11 is 0. The summed E-state index contributed by atoms with van der Waals surface area (Å²) in [5, 5.41) is 9.01. The van der Waals surface area contributed by atoms with Gasteiger partial charge >= 0.3 is 0 Å². The smallest absolute Gasteiger partial charge is 0.0931 e. The second-order valence-electron chi connectivity index (χ2n) is 2.19. The standard InChI is InChI=1S/C7H10N2O/c1-5(10)7-3-2-6(8)4-9-7/h2-5,10H,8H2,1H3. The van der Waals surface area contributed by atoms with Crippen molar-refractivity contribution in [2.75, 3.05) is 5.73 Å². The van der Waals surface area contributed by atoms with E-state index in [0.29, 0.717) is 11.4 Å². The van der Waals surface area contributed by atoms with Gasteiger partial charge in [-0.25, -0.2) is 0 Å². The summed E-state index contributed by atoms with van der Waals surface area (Å²) in [6.07, 6.45) is 1.02. The van der Waals surface area contributed by atoms with Crippen molar-refractivity contribution in [2.24, 2.45) is 0 Å². The average molecular weight is 138 g/mol. The lowest BCUT2D eigenvalue weighted by atomic mass is 10.2. The van der Waals surface area contributed by atoms with E-state index in [2.05, 4.69) is 4.98 Å². The van der Waals surface area contributed by atoms with Gasteiger partial charge in [0.05, 0.1) is 23.7 Å². The number of nitrogens with two attached hydrogens (primary N) is 1. The zero-order valence-electron chi connectivity index (χ0n) is 5.78. The molecule has 0 fully saturated rings. The minimum Gasteiger partial charge on any atom is -0.397 e. The Morgan fingerprint density at radius 2 is 2.30 bits per heavy atom. The van der Waals surface area contributed by atoms with Gasteiger partial charge in [-0.2, -0.15) is 0 Å². The van der Waals surface area contributed by atoms with Crippen molar-refractivity contribution in [2.45, 2.75) is 13.0 Å². The molecule has 0 aliphatic carbocycles. The van der Waals surface area contributed by atoms with E-state index < -0.39 is 6.10 Å². The van der Waals surface area contributed by atoms with E-state index in [-0.39, 0.29) is 0 Å². The highest BCUT2D eigenvalue weighted by Crippen LogP contribution is 2.08. The predicted molar refractivity (Wildman–Crippen MR) is 39.3 cm³/mol. The summed E-state index contributed by atoms with van der Waals surface area (Å²) in [7, 11) is 0. The van der Waals surface area contributed by atoms with Crippen molar-refractivity contribution in [3.8, 4) is 0 Å². The molecule has 0 bridgehead atoms. The van der Waals surface area contributed by atoms with Crippen LogP contribution in [0.25, 0.3) is 0 Å². The molecule has 0 amide bonds. The average Bonchev–Trinajstić information content (AvgIpc) is 1.88. The summed E-state index contributed by atoms with van der Waals surface area (Å²) in [5.41, 5.74) is 6.65. The number of hydrogen-bond donors (Lipinski definition) is 2. The molecular weight excluding hydrogens is 128 g/mol. The molecule has 3 heteroatoms. The second kappa shape index (κ2) is 2.66. The summed E-state index contributed by atoms with van der Waals surface area (Å²) in [6, 6.07) is 3.43. The topological polar surface area (TPSA) is 59.1 Å². The predicted octanol–water partition coefficient (Wildman–Crippen LogP) is 0.717. The second-order valence-corrected chi connectivity index (χ2v) is 2.19.